The molecule has 130 valence electrons. The van der Waals surface area contributed by atoms with E-state index in [2.05, 4.69) is 5.32 Å². The molecule has 0 fully saturated rings. The Balaban J connectivity index is 1.94. The number of carbonyl (C=O) groups is 2. The molecule has 0 unspecified atom stereocenters. The SMILES string of the molecule is CC(=O)c1ccc(NC(=O)c2cc3cc([N+](=O)[O-])ccc3oc2=N)cc1. The zero-order chi connectivity index (χ0) is 18.8. The number of Topliss-reactive ketones (excluding diaryl/α,β-unsaturated/α-hetero) is 1. The second-order valence-corrected chi connectivity index (χ2v) is 5.56. The average Bonchev–Trinajstić information content (AvgIpc) is 2.61. The summed E-state index contributed by atoms with van der Waals surface area (Å²) in [5.41, 5.74) is 0.660. The minimum Gasteiger partial charge on any atom is -0.438 e. The number of non-ortho nitro benzene ring substituents is 1. The van der Waals surface area contributed by atoms with Gasteiger partial charge < -0.3 is 9.73 Å². The highest BCUT2D eigenvalue weighted by molar-refractivity contribution is 6.05. The third-order valence-electron chi connectivity index (χ3n) is 3.75. The largest absolute Gasteiger partial charge is 0.438 e. The summed E-state index contributed by atoms with van der Waals surface area (Å²) in [6, 6.07) is 11.6. The minimum absolute atomic E-state index is 0.0614. The van der Waals surface area contributed by atoms with Crippen molar-refractivity contribution in [3.63, 3.8) is 0 Å². The molecule has 0 saturated carbocycles. The summed E-state index contributed by atoms with van der Waals surface area (Å²) in [5, 5.41) is 21.7. The Kier molecular flexibility index (Phi) is 4.32. The van der Waals surface area contributed by atoms with Crippen molar-refractivity contribution in [2.45, 2.75) is 6.92 Å². The number of nitrogens with zero attached hydrogens (tertiary/aromatic N) is 1. The van der Waals surface area contributed by atoms with Gasteiger partial charge in [0.1, 0.15) is 11.1 Å². The van der Waals surface area contributed by atoms with Gasteiger partial charge in [-0.2, -0.15) is 0 Å². The summed E-state index contributed by atoms with van der Waals surface area (Å²) in [6.45, 7) is 1.44. The van der Waals surface area contributed by atoms with Gasteiger partial charge >= 0.3 is 0 Å². The molecule has 8 heteroatoms. The molecule has 0 aliphatic carbocycles. The van der Waals surface area contributed by atoms with Crippen LogP contribution in [0.1, 0.15) is 27.6 Å². The van der Waals surface area contributed by atoms with Gasteiger partial charge in [-0.1, -0.05) is 0 Å². The van der Waals surface area contributed by atoms with Crippen LogP contribution in [0, 0.1) is 15.5 Å². The Labute approximate surface area is 146 Å². The third-order valence-corrected chi connectivity index (χ3v) is 3.75. The zero-order valence-electron chi connectivity index (χ0n) is 13.6. The maximum atomic E-state index is 12.4. The molecule has 2 aromatic carbocycles. The van der Waals surface area contributed by atoms with Crippen molar-refractivity contribution in [1.82, 2.24) is 0 Å². The molecule has 0 aliphatic heterocycles. The fourth-order valence-electron chi connectivity index (χ4n) is 2.40. The van der Waals surface area contributed by atoms with Gasteiger partial charge in [0.15, 0.2) is 5.78 Å². The maximum absolute atomic E-state index is 12.4. The lowest BCUT2D eigenvalue weighted by molar-refractivity contribution is -0.384. The van der Waals surface area contributed by atoms with Crippen LogP contribution in [0.3, 0.4) is 0 Å². The topological polar surface area (TPSA) is 126 Å². The Bertz CT molecular complexity index is 1100. The van der Waals surface area contributed by atoms with E-state index in [1.165, 1.54) is 31.2 Å². The van der Waals surface area contributed by atoms with E-state index in [1.807, 2.05) is 0 Å². The van der Waals surface area contributed by atoms with Gasteiger partial charge in [0.05, 0.1) is 4.92 Å². The molecule has 0 bridgehead atoms. The van der Waals surface area contributed by atoms with Gasteiger partial charge in [-0.15, -0.1) is 0 Å². The van der Waals surface area contributed by atoms with Crippen molar-refractivity contribution >= 4 is 34.0 Å². The van der Waals surface area contributed by atoms with E-state index >= 15 is 0 Å². The number of anilines is 1. The van der Waals surface area contributed by atoms with Gasteiger partial charge in [-0.3, -0.25) is 25.1 Å². The summed E-state index contributed by atoms with van der Waals surface area (Å²) < 4.78 is 5.28. The quantitative estimate of drug-likeness (QED) is 0.424. The van der Waals surface area contributed by atoms with Gasteiger partial charge in [-0.25, -0.2) is 0 Å². The molecule has 8 nitrogen and oxygen atoms in total. The highest BCUT2D eigenvalue weighted by Crippen LogP contribution is 2.21. The second-order valence-electron chi connectivity index (χ2n) is 5.56. The van der Waals surface area contributed by atoms with E-state index in [4.69, 9.17) is 9.83 Å². The van der Waals surface area contributed by atoms with Crippen molar-refractivity contribution in [1.29, 1.82) is 5.41 Å². The van der Waals surface area contributed by atoms with Gasteiger partial charge in [0.25, 0.3) is 11.6 Å². The molecule has 2 N–H and O–H groups in total. The lowest BCUT2D eigenvalue weighted by atomic mass is 10.1. The molecule has 26 heavy (non-hydrogen) atoms. The normalized spacial score (nSPS) is 10.5. The number of hydrogen-bond acceptors (Lipinski definition) is 6. The predicted octanol–water partition coefficient (Wildman–Crippen LogP) is 3.28. The lowest BCUT2D eigenvalue weighted by Crippen LogP contribution is -2.20. The van der Waals surface area contributed by atoms with Crippen molar-refractivity contribution in [2.75, 3.05) is 5.32 Å². The highest BCUT2D eigenvalue weighted by Gasteiger charge is 2.14. The van der Waals surface area contributed by atoms with Crippen LogP contribution >= 0.6 is 0 Å². The third kappa shape index (κ3) is 3.34. The number of fused-ring (bicyclic) bond motifs is 1. The van der Waals surface area contributed by atoms with E-state index in [9.17, 15) is 19.7 Å². The molecule has 1 heterocycles. The molecular formula is C18H13N3O5. The number of nitrogens with one attached hydrogen (secondary N) is 2. The van der Waals surface area contributed by atoms with Crippen LogP contribution in [0.15, 0.2) is 52.9 Å². The molecule has 1 aromatic heterocycles. The molecule has 1 amide bonds. The molecule has 0 radical (unpaired) electrons. The number of amides is 1. The molecular weight excluding hydrogens is 338 g/mol. The maximum Gasteiger partial charge on any atom is 0.270 e. The molecule has 0 saturated heterocycles. The standard InChI is InChI=1S/C18H13N3O5/c1-10(22)11-2-4-13(5-3-11)20-18(23)15-9-12-8-14(21(24)25)6-7-16(12)26-17(15)19/h2-9,19H,1H3,(H,20,23). The lowest BCUT2D eigenvalue weighted by Gasteiger charge is -2.07. The van der Waals surface area contributed by atoms with E-state index in [-0.39, 0.29) is 28.2 Å². The number of hydrogen-bond donors (Lipinski definition) is 2. The average molecular weight is 351 g/mol. The van der Waals surface area contributed by atoms with Crippen LogP contribution in [0.25, 0.3) is 11.0 Å². The first kappa shape index (κ1) is 17.0. The molecule has 0 aliphatic rings. The van der Waals surface area contributed by atoms with E-state index in [1.54, 1.807) is 24.3 Å². The highest BCUT2D eigenvalue weighted by atomic mass is 16.6. The van der Waals surface area contributed by atoms with Gasteiger partial charge in [-0.05, 0) is 43.3 Å². The summed E-state index contributed by atoms with van der Waals surface area (Å²) in [7, 11) is 0. The number of carbonyl (C=O) groups excluding carboxylic acids is 2. The smallest absolute Gasteiger partial charge is 0.270 e. The number of rotatable bonds is 4. The monoisotopic (exact) mass is 351 g/mol. The molecule has 0 spiro atoms. The number of benzene rings is 2. The number of nitro groups is 1. The minimum atomic E-state index is -0.595. The van der Waals surface area contributed by atoms with Crippen LogP contribution in [0.2, 0.25) is 0 Å². The van der Waals surface area contributed by atoms with Crippen LogP contribution < -0.4 is 10.9 Å². The number of nitro benzene ring substituents is 1. The molecule has 3 rings (SSSR count). The van der Waals surface area contributed by atoms with Crippen molar-refractivity contribution in [2.24, 2.45) is 0 Å². The van der Waals surface area contributed by atoms with Crippen LogP contribution in [0.5, 0.6) is 0 Å². The van der Waals surface area contributed by atoms with E-state index in [0.717, 1.165) is 0 Å². The van der Waals surface area contributed by atoms with Crippen LogP contribution in [0.4, 0.5) is 11.4 Å². The Morgan fingerprint density at radius 3 is 2.42 bits per heavy atom. The fourth-order valence-corrected chi connectivity index (χ4v) is 2.40. The second kappa shape index (κ2) is 6.60. The Hall–Kier alpha value is -3.81. The van der Waals surface area contributed by atoms with Crippen LogP contribution in [-0.2, 0) is 0 Å². The van der Waals surface area contributed by atoms with Crippen molar-refractivity contribution < 1.29 is 18.9 Å². The van der Waals surface area contributed by atoms with Gasteiger partial charge in [0.2, 0.25) is 5.55 Å². The van der Waals surface area contributed by atoms with E-state index in [0.29, 0.717) is 16.6 Å². The van der Waals surface area contributed by atoms with Crippen molar-refractivity contribution in [3.05, 3.63) is 75.3 Å². The summed E-state index contributed by atoms with van der Waals surface area (Å²) in [6.07, 6.45) is 0. The number of ketones is 1. The first-order valence-electron chi connectivity index (χ1n) is 7.54. The van der Waals surface area contributed by atoms with E-state index < -0.39 is 10.8 Å². The van der Waals surface area contributed by atoms with Crippen molar-refractivity contribution in [3.8, 4) is 0 Å². The summed E-state index contributed by atoms with van der Waals surface area (Å²) in [4.78, 5) is 34.0. The van der Waals surface area contributed by atoms with Crippen LogP contribution in [-0.4, -0.2) is 16.6 Å². The predicted molar refractivity (Wildman–Crippen MR) is 93.1 cm³/mol. The molecule has 3 aromatic rings. The molecule has 0 atom stereocenters. The summed E-state index contributed by atoms with van der Waals surface area (Å²) >= 11 is 0. The first-order valence-corrected chi connectivity index (χ1v) is 7.54. The zero-order valence-corrected chi connectivity index (χ0v) is 13.6. The fraction of sp³-hybridized carbons (Fsp3) is 0.0556. The summed E-state index contributed by atoms with van der Waals surface area (Å²) in [5.74, 6) is -0.686. The first-order chi connectivity index (χ1) is 12.3. The Morgan fingerprint density at radius 1 is 1.12 bits per heavy atom. The Morgan fingerprint density at radius 2 is 1.81 bits per heavy atom. The van der Waals surface area contributed by atoms with Gasteiger partial charge in [0, 0.05) is 28.8 Å².